The Morgan fingerprint density at radius 1 is 1.25 bits per heavy atom. The van der Waals surface area contributed by atoms with Crippen LogP contribution < -0.4 is 0 Å². The zero-order chi connectivity index (χ0) is 11.5. The van der Waals surface area contributed by atoms with E-state index in [0.29, 0.717) is 17.8 Å². The fourth-order valence-corrected chi connectivity index (χ4v) is 1.96. The SMILES string of the molecule is CCc1ccc2ccc(CCCl)c(O)c2n1. The monoisotopic (exact) mass is 235 g/mol. The van der Waals surface area contributed by atoms with Crippen LogP contribution in [0.2, 0.25) is 0 Å². The molecular weight excluding hydrogens is 222 g/mol. The molecule has 2 nitrogen and oxygen atoms in total. The van der Waals surface area contributed by atoms with Gasteiger partial charge in [-0.15, -0.1) is 11.6 Å². The van der Waals surface area contributed by atoms with E-state index in [1.54, 1.807) is 0 Å². The number of hydrogen-bond donors (Lipinski definition) is 1. The fourth-order valence-electron chi connectivity index (χ4n) is 1.76. The molecule has 0 atom stereocenters. The molecular formula is C13H14ClNO. The van der Waals surface area contributed by atoms with Crippen molar-refractivity contribution in [1.29, 1.82) is 0 Å². The van der Waals surface area contributed by atoms with Crippen LogP contribution in [0.25, 0.3) is 10.9 Å². The maximum Gasteiger partial charge on any atom is 0.145 e. The molecule has 0 saturated heterocycles. The summed E-state index contributed by atoms with van der Waals surface area (Å²) in [4.78, 5) is 4.44. The summed E-state index contributed by atoms with van der Waals surface area (Å²) in [7, 11) is 0. The molecule has 0 spiro atoms. The Balaban J connectivity index is 2.61. The lowest BCUT2D eigenvalue weighted by Crippen LogP contribution is -1.92. The van der Waals surface area contributed by atoms with Gasteiger partial charge in [-0.1, -0.05) is 25.1 Å². The number of fused-ring (bicyclic) bond motifs is 1. The lowest BCUT2D eigenvalue weighted by Gasteiger charge is -2.07. The molecule has 1 N–H and O–H groups in total. The molecule has 0 unspecified atom stereocenters. The lowest BCUT2D eigenvalue weighted by atomic mass is 10.1. The van der Waals surface area contributed by atoms with E-state index in [1.165, 1.54) is 0 Å². The first-order valence-corrected chi connectivity index (χ1v) is 5.96. The summed E-state index contributed by atoms with van der Waals surface area (Å²) < 4.78 is 0. The number of hydrogen-bond acceptors (Lipinski definition) is 2. The Bertz CT molecular complexity index is 511. The molecule has 0 aliphatic rings. The number of phenols is 1. The van der Waals surface area contributed by atoms with Crippen molar-refractivity contribution in [2.24, 2.45) is 0 Å². The van der Waals surface area contributed by atoms with E-state index in [4.69, 9.17) is 11.6 Å². The van der Waals surface area contributed by atoms with Crippen molar-refractivity contribution in [1.82, 2.24) is 4.98 Å². The van der Waals surface area contributed by atoms with Gasteiger partial charge >= 0.3 is 0 Å². The third kappa shape index (κ3) is 1.98. The predicted octanol–water partition coefficient (Wildman–Crippen LogP) is 3.28. The Hall–Kier alpha value is -1.28. The minimum absolute atomic E-state index is 0.272. The number of benzene rings is 1. The van der Waals surface area contributed by atoms with Crippen molar-refractivity contribution in [3.63, 3.8) is 0 Å². The molecule has 2 rings (SSSR count). The summed E-state index contributed by atoms with van der Waals surface area (Å²) in [5, 5.41) is 11.0. The number of aromatic nitrogens is 1. The number of aromatic hydroxyl groups is 1. The number of halogens is 1. The topological polar surface area (TPSA) is 33.1 Å². The van der Waals surface area contributed by atoms with Gasteiger partial charge in [-0.3, -0.25) is 0 Å². The van der Waals surface area contributed by atoms with Gasteiger partial charge in [0, 0.05) is 17.0 Å². The van der Waals surface area contributed by atoms with Crippen molar-refractivity contribution < 1.29 is 5.11 Å². The molecule has 0 amide bonds. The van der Waals surface area contributed by atoms with Crippen molar-refractivity contribution in [3.8, 4) is 5.75 Å². The molecule has 0 bridgehead atoms. The van der Waals surface area contributed by atoms with Crippen LogP contribution >= 0.6 is 11.6 Å². The summed E-state index contributed by atoms with van der Waals surface area (Å²) in [6, 6.07) is 7.87. The van der Waals surface area contributed by atoms with E-state index in [9.17, 15) is 5.11 Å². The van der Waals surface area contributed by atoms with E-state index < -0.39 is 0 Å². The van der Waals surface area contributed by atoms with Crippen molar-refractivity contribution >= 4 is 22.5 Å². The van der Waals surface area contributed by atoms with Crippen molar-refractivity contribution in [3.05, 3.63) is 35.5 Å². The first-order valence-electron chi connectivity index (χ1n) is 5.42. The van der Waals surface area contributed by atoms with Crippen molar-refractivity contribution in [2.45, 2.75) is 19.8 Å². The quantitative estimate of drug-likeness (QED) is 0.829. The van der Waals surface area contributed by atoms with E-state index >= 15 is 0 Å². The van der Waals surface area contributed by atoms with Crippen molar-refractivity contribution in [2.75, 3.05) is 5.88 Å². The zero-order valence-electron chi connectivity index (χ0n) is 9.20. The van der Waals surface area contributed by atoms with E-state index in [-0.39, 0.29) is 5.75 Å². The van der Waals surface area contributed by atoms with Crippen LogP contribution in [-0.2, 0) is 12.8 Å². The molecule has 0 saturated carbocycles. The normalized spacial score (nSPS) is 10.9. The van der Waals surface area contributed by atoms with Gasteiger partial charge in [0.25, 0.3) is 0 Å². The second-order valence-corrected chi connectivity index (χ2v) is 4.12. The first kappa shape index (κ1) is 11.2. The molecule has 1 heterocycles. The molecule has 0 aliphatic carbocycles. The summed E-state index contributed by atoms with van der Waals surface area (Å²) in [5.74, 6) is 0.778. The average Bonchev–Trinajstić information content (AvgIpc) is 2.33. The highest BCUT2D eigenvalue weighted by atomic mass is 35.5. The van der Waals surface area contributed by atoms with Crippen LogP contribution in [0.4, 0.5) is 0 Å². The Morgan fingerprint density at radius 3 is 2.69 bits per heavy atom. The van der Waals surface area contributed by atoms with Gasteiger partial charge < -0.3 is 5.11 Å². The second-order valence-electron chi connectivity index (χ2n) is 3.74. The third-order valence-electron chi connectivity index (χ3n) is 2.70. The predicted molar refractivity (Wildman–Crippen MR) is 67.2 cm³/mol. The molecule has 1 aromatic carbocycles. The smallest absolute Gasteiger partial charge is 0.145 e. The van der Waals surface area contributed by atoms with Crippen LogP contribution in [0.5, 0.6) is 5.75 Å². The maximum absolute atomic E-state index is 10.1. The zero-order valence-corrected chi connectivity index (χ0v) is 9.96. The molecule has 84 valence electrons. The summed E-state index contributed by atoms with van der Waals surface area (Å²) in [5.41, 5.74) is 2.54. The average molecular weight is 236 g/mol. The number of rotatable bonds is 3. The number of alkyl halides is 1. The molecule has 2 aromatic rings. The molecule has 0 radical (unpaired) electrons. The molecule has 3 heteroatoms. The standard InChI is InChI=1S/C13H14ClNO/c1-2-11-6-5-9-3-4-10(7-8-14)13(16)12(9)15-11/h3-6,16H,2,7-8H2,1H3. The molecule has 0 aliphatic heterocycles. The highest BCUT2D eigenvalue weighted by molar-refractivity contribution is 6.18. The highest BCUT2D eigenvalue weighted by Gasteiger charge is 2.07. The first-order chi connectivity index (χ1) is 7.76. The Morgan fingerprint density at radius 2 is 2.00 bits per heavy atom. The van der Waals surface area contributed by atoms with Gasteiger partial charge in [-0.05, 0) is 24.5 Å². The van der Waals surface area contributed by atoms with Gasteiger partial charge in [0.05, 0.1) is 0 Å². The number of nitrogens with zero attached hydrogens (tertiary/aromatic N) is 1. The van der Waals surface area contributed by atoms with Crippen LogP contribution in [-0.4, -0.2) is 16.0 Å². The van der Waals surface area contributed by atoms with Crippen LogP contribution in [0.1, 0.15) is 18.2 Å². The maximum atomic E-state index is 10.1. The number of pyridine rings is 1. The van der Waals surface area contributed by atoms with E-state index in [2.05, 4.69) is 4.98 Å². The number of aryl methyl sites for hydroxylation is 2. The van der Waals surface area contributed by atoms with Gasteiger partial charge in [0.1, 0.15) is 11.3 Å². The summed E-state index contributed by atoms with van der Waals surface area (Å²) in [6.07, 6.45) is 1.54. The fraction of sp³-hybridized carbons (Fsp3) is 0.308. The molecule has 1 aromatic heterocycles. The largest absolute Gasteiger partial charge is 0.505 e. The van der Waals surface area contributed by atoms with Gasteiger partial charge in [0.15, 0.2) is 0 Å². The third-order valence-corrected chi connectivity index (χ3v) is 2.89. The van der Waals surface area contributed by atoms with E-state index in [1.807, 2.05) is 31.2 Å². The van der Waals surface area contributed by atoms with Crippen LogP contribution in [0.3, 0.4) is 0 Å². The second kappa shape index (κ2) is 4.71. The minimum atomic E-state index is 0.272. The Kier molecular flexibility index (Phi) is 3.30. The van der Waals surface area contributed by atoms with Crippen LogP contribution in [0.15, 0.2) is 24.3 Å². The summed E-state index contributed by atoms with van der Waals surface area (Å²) in [6.45, 7) is 2.05. The van der Waals surface area contributed by atoms with Gasteiger partial charge in [-0.25, -0.2) is 4.98 Å². The van der Waals surface area contributed by atoms with Gasteiger partial charge in [-0.2, -0.15) is 0 Å². The van der Waals surface area contributed by atoms with E-state index in [0.717, 1.165) is 23.1 Å². The van der Waals surface area contributed by atoms with Crippen LogP contribution in [0, 0.1) is 0 Å². The highest BCUT2D eigenvalue weighted by Crippen LogP contribution is 2.28. The Labute approximate surface area is 99.9 Å². The minimum Gasteiger partial charge on any atom is -0.505 e. The molecule has 16 heavy (non-hydrogen) atoms. The molecule has 0 fully saturated rings. The van der Waals surface area contributed by atoms with Gasteiger partial charge in [0.2, 0.25) is 0 Å². The number of phenolic OH excluding ortho intramolecular Hbond substituents is 1. The lowest BCUT2D eigenvalue weighted by molar-refractivity contribution is 0.474. The summed E-state index contributed by atoms with van der Waals surface area (Å²) >= 11 is 5.69.